The van der Waals surface area contributed by atoms with E-state index in [-0.39, 0.29) is 11.5 Å². The first kappa shape index (κ1) is 15.5. The highest BCUT2D eigenvalue weighted by Gasteiger charge is 2.27. The number of rotatable bonds is 3. The first-order valence-corrected chi connectivity index (χ1v) is 7.36. The normalized spacial score (nSPS) is 13.0. The monoisotopic (exact) mass is 360 g/mol. The lowest BCUT2D eigenvalue weighted by atomic mass is 9.97. The molecule has 0 bridgehead atoms. The number of aliphatic hydroxyl groups excluding tert-OH is 1. The molecule has 0 aliphatic heterocycles. The third kappa shape index (κ3) is 2.62. The van der Waals surface area contributed by atoms with Crippen LogP contribution in [0.5, 0.6) is 0 Å². The largest absolute Gasteiger partial charge is 0.383 e. The lowest BCUT2D eigenvalue weighted by Crippen LogP contribution is -2.06. The molecule has 0 saturated heterocycles. The number of halogens is 3. The van der Waals surface area contributed by atoms with Gasteiger partial charge in [-0.1, -0.05) is 37.6 Å². The van der Waals surface area contributed by atoms with Crippen LogP contribution in [-0.4, -0.2) is 14.9 Å². The van der Waals surface area contributed by atoms with Gasteiger partial charge in [-0.3, -0.25) is 4.68 Å². The zero-order valence-electron chi connectivity index (χ0n) is 11.4. The number of nitrogens with zero attached hydrogens (tertiary/aromatic N) is 2. The predicted molar refractivity (Wildman–Crippen MR) is 80.5 cm³/mol. The molecule has 1 heterocycles. The second-order valence-corrected chi connectivity index (χ2v) is 6.13. The van der Waals surface area contributed by atoms with E-state index in [1.165, 1.54) is 10.7 Å². The van der Waals surface area contributed by atoms with E-state index in [1.807, 2.05) is 13.8 Å². The van der Waals surface area contributed by atoms with Gasteiger partial charge < -0.3 is 5.11 Å². The quantitative estimate of drug-likeness (QED) is 0.890. The molecule has 1 unspecified atom stereocenters. The molecule has 0 amide bonds. The molecule has 0 radical (unpaired) electrons. The van der Waals surface area contributed by atoms with Crippen LogP contribution in [0.2, 0.25) is 5.15 Å². The van der Waals surface area contributed by atoms with Gasteiger partial charge in [0.1, 0.15) is 17.1 Å². The first-order valence-electron chi connectivity index (χ1n) is 6.18. The second-order valence-electron chi connectivity index (χ2n) is 4.91. The molecule has 0 spiro atoms. The summed E-state index contributed by atoms with van der Waals surface area (Å²) < 4.78 is 15.9. The number of benzene rings is 1. The van der Waals surface area contributed by atoms with Crippen molar-refractivity contribution >= 4 is 27.5 Å². The molecule has 1 aromatic carbocycles. The fraction of sp³-hybridized carbons (Fsp3) is 0.357. The summed E-state index contributed by atoms with van der Waals surface area (Å²) in [5.74, 6) is -0.414. The van der Waals surface area contributed by atoms with Gasteiger partial charge in [0, 0.05) is 18.2 Å². The summed E-state index contributed by atoms with van der Waals surface area (Å²) in [5.41, 5.74) is 1.31. The van der Waals surface area contributed by atoms with Gasteiger partial charge in [0.2, 0.25) is 0 Å². The van der Waals surface area contributed by atoms with Crippen molar-refractivity contribution in [3.8, 4) is 0 Å². The average Bonchev–Trinajstić information content (AvgIpc) is 2.69. The van der Waals surface area contributed by atoms with Crippen LogP contribution in [0, 0.1) is 5.82 Å². The fourth-order valence-corrected chi connectivity index (χ4v) is 2.73. The highest BCUT2D eigenvalue weighted by Crippen LogP contribution is 2.36. The van der Waals surface area contributed by atoms with Gasteiger partial charge in [-0.25, -0.2) is 4.39 Å². The van der Waals surface area contributed by atoms with Crippen LogP contribution in [-0.2, 0) is 7.05 Å². The molecule has 2 rings (SSSR count). The molecule has 2 aromatic rings. The van der Waals surface area contributed by atoms with Crippen LogP contribution in [0.3, 0.4) is 0 Å². The fourth-order valence-electron chi connectivity index (χ4n) is 2.11. The summed E-state index contributed by atoms with van der Waals surface area (Å²) in [7, 11) is 1.70. The van der Waals surface area contributed by atoms with E-state index in [0.29, 0.717) is 20.9 Å². The Hall–Kier alpha value is -0.910. The highest BCUT2D eigenvalue weighted by molar-refractivity contribution is 9.10. The van der Waals surface area contributed by atoms with Gasteiger partial charge in [-0.05, 0) is 27.9 Å². The Morgan fingerprint density at radius 2 is 2.05 bits per heavy atom. The molecule has 20 heavy (non-hydrogen) atoms. The number of hydrogen-bond acceptors (Lipinski definition) is 2. The second kappa shape index (κ2) is 5.84. The molecule has 1 aromatic heterocycles. The minimum atomic E-state index is -1.15. The number of aryl methyl sites for hydroxylation is 1. The number of aliphatic hydroxyl groups is 1. The molecule has 3 nitrogen and oxygen atoms in total. The van der Waals surface area contributed by atoms with E-state index < -0.39 is 11.9 Å². The SMILES string of the molecule is CC(C)c1nn(C)c(Cl)c1C(O)c1cccc(Br)c1F. The topological polar surface area (TPSA) is 38.0 Å². The van der Waals surface area contributed by atoms with E-state index >= 15 is 0 Å². The van der Waals surface area contributed by atoms with Crippen LogP contribution in [0.15, 0.2) is 22.7 Å². The van der Waals surface area contributed by atoms with Crippen molar-refractivity contribution in [1.82, 2.24) is 9.78 Å². The zero-order valence-corrected chi connectivity index (χ0v) is 13.7. The lowest BCUT2D eigenvalue weighted by molar-refractivity contribution is 0.213. The average molecular weight is 362 g/mol. The first-order chi connectivity index (χ1) is 9.34. The van der Waals surface area contributed by atoms with Crippen molar-refractivity contribution in [3.63, 3.8) is 0 Å². The molecule has 0 saturated carbocycles. The van der Waals surface area contributed by atoms with Crippen molar-refractivity contribution in [2.24, 2.45) is 7.05 Å². The third-order valence-corrected chi connectivity index (χ3v) is 4.20. The maximum atomic E-state index is 14.1. The van der Waals surface area contributed by atoms with Gasteiger partial charge >= 0.3 is 0 Å². The highest BCUT2D eigenvalue weighted by atomic mass is 79.9. The third-order valence-electron chi connectivity index (χ3n) is 3.14. The molecular formula is C14H15BrClFN2O. The minimum Gasteiger partial charge on any atom is -0.383 e. The van der Waals surface area contributed by atoms with Gasteiger partial charge in [-0.2, -0.15) is 5.10 Å². The Bertz CT molecular complexity index is 642. The predicted octanol–water partition coefficient (Wildman–Crippen LogP) is 4.18. The molecule has 0 fully saturated rings. The summed E-state index contributed by atoms with van der Waals surface area (Å²) in [4.78, 5) is 0. The van der Waals surface area contributed by atoms with Crippen molar-refractivity contribution in [1.29, 1.82) is 0 Å². The Morgan fingerprint density at radius 1 is 1.40 bits per heavy atom. The summed E-state index contributed by atoms with van der Waals surface area (Å²) in [6.07, 6.45) is -1.15. The Morgan fingerprint density at radius 3 is 2.65 bits per heavy atom. The van der Waals surface area contributed by atoms with E-state index in [4.69, 9.17) is 11.6 Å². The molecule has 6 heteroatoms. The zero-order chi connectivity index (χ0) is 15.0. The van der Waals surface area contributed by atoms with E-state index in [9.17, 15) is 9.50 Å². The van der Waals surface area contributed by atoms with Gasteiger partial charge in [0.05, 0.1) is 10.2 Å². The summed E-state index contributed by atoms with van der Waals surface area (Å²) >= 11 is 9.32. The van der Waals surface area contributed by atoms with Crippen LogP contribution in [0.1, 0.15) is 42.7 Å². The van der Waals surface area contributed by atoms with Gasteiger partial charge in [-0.15, -0.1) is 0 Å². The summed E-state index contributed by atoms with van der Waals surface area (Å²) in [6.45, 7) is 3.90. The van der Waals surface area contributed by atoms with Crippen LogP contribution in [0.4, 0.5) is 4.39 Å². The molecule has 1 atom stereocenters. The molecule has 0 aliphatic rings. The Balaban J connectivity index is 2.59. The molecular weight excluding hydrogens is 347 g/mol. The number of aromatic nitrogens is 2. The molecule has 1 N–H and O–H groups in total. The van der Waals surface area contributed by atoms with Crippen molar-refractivity contribution < 1.29 is 9.50 Å². The smallest absolute Gasteiger partial charge is 0.143 e. The van der Waals surface area contributed by atoms with Crippen molar-refractivity contribution in [2.45, 2.75) is 25.9 Å². The Labute approximate surface area is 130 Å². The summed E-state index contributed by atoms with van der Waals surface area (Å²) in [6, 6.07) is 4.79. The van der Waals surface area contributed by atoms with E-state index in [2.05, 4.69) is 21.0 Å². The minimum absolute atomic E-state index is 0.0774. The lowest BCUT2D eigenvalue weighted by Gasteiger charge is -2.15. The van der Waals surface area contributed by atoms with Crippen LogP contribution < -0.4 is 0 Å². The maximum Gasteiger partial charge on any atom is 0.143 e. The van der Waals surface area contributed by atoms with E-state index in [1.54, 1.807) is 19.2 Å². The van der Waals surface area contributed by atoms with Gasteiger partial charge in [0.25, 0.3) is 0 Å². The van der Waals surface area contributed by atoms with Crippen molar-refractivity contribution in [3.05, 3.63) is 50.5 Å². The van der Waals surface area contributed by atoms with E-state index in [0.717, 1.165) is 0 Å². The maximum absolute atomic E-state index is 14.1. The Kier molecular flexibility index (Phi) is 4.52. The standard InChI is InChI=1S/C14H15BrClFN2O/c1-7(2)12-10(14(16)19(3)18-12)13(20)8-5-4-6-9(15)11(8)17/h4-7,13,20H,1-3H3. The number of hydrogen-bond donors (Lipinski definition) is 1. The van der Waals surface area contributed by atoms with Crippen LogP contribution >= 0.6 is 27.5 Å². The molecule has 0 aliphatic carbocycles. The van der Waals surface area contributed by atoms with Gasteiger partial charge in [0.15, 0.2) is 0 Å². The summed E-state index contributed by atoms with van der Waals surface area (Å²) in [5, 5.41) is 15.1. The molecule has 108 valence electrons. The van der Waals surface area contributed by atoms with Crippen molar-refractivity contribution in [2.75, 3.05) is 0 Å². The van der Waals surface area contributed by atoms with Crippen LogP contribution in [0.25, 0.3) is 0 Å².